The number of carbonyl (C=O) groups is 2. The Morgan fingerprint density at radius 3 is 2.17 bits per heavy atom. The quantitative estimate of drug-likeness (QED) is 0.784. The number of nitrogens with one attached hydrogen (secondary N) is 1. The second-order valence-electron chi connectivity index (χ2n) is 5.82. The van der Waals surface area contributed by atoms with Gasteiger partial charge in [0.05, 0.1) is 0 Å². The van der Waals surface area contributed by atoms with Gasteiger partial charge in [-0.05, 0) is 29.5 Å². The minimum absolute atomic E-state index is 0.238. The molecule has 126 valence electrons. The van der Waals surface area contributed by atoms with E-state index < -0.39 is 12.0 Å². The summed E-state index contributed by atoms with van der Waals surface area (Å²) >= 11 is 0. The van der Waals surface area contributed by atoms with Crippen molar-refractivity contribution in [3.63, 3.8) is 0 Å². The van der Waals surface area contributed by atoms with Crippen molar-refractivity contribution in [3.8, 4) is 0 Å². The van der Waals surface area contributed by atoms with Gasteiger partial charge in [-0.2, -0.15) is 0 Å². The average molecular weight is 325 g/mol. The Kier molecular flexibility index (Phi) is 6.55. The molecule has 1 amide bonds. The van der Waals surface area contributed by atoms with Gasteiger partial charge in [0.1, 0.15) is 6.04 Å². The van der Waals surface area contributed by atoms with Gasteiger partial charge in [0.2, 0.25) is 5.91 Å². The molecule has 4 nitrogen and oxygen atoms in total. The molecule has 0 bridgehead atoms. The summed E-state index contributed by atoms with van der Waals surface area (Å²) in [6.45, 7) is 2.10. The van der Waals surface area contributed by atoms with Crippen LogP contribution < -0.4 is 5.32 Å². The van der Waals surface area contributed by atoms with Crippen LogP contribution in [0.15, 0.2) is 54.6 Å². The van der Waals surface area contributed by atoms with Crippen molar-refractivity contribution in [2.24, 2.45) is 0 Å². The van der Waals surface area contributed by atoms with E-state index in [1.54, 1.807) is 0 Å². The first-order chi connectivity index (χ1) is 11.6. The van der Waals surface area contributed by atoms with Crippen LogP contribution in [0.25, 0.3) is 0 Å². The predicted octanol–water partition coefficient (Wildman–Crippen LogP) is 2.99. The second-order valence-corrected chi connectivity index (χ2v) is 5.82. The zero-order valence-electron chi connectivity index (χ0n) is 13.9. The van der Waals surface area contributed by atoms with E-state index in [4.69, 9.17) is 0 Å². The number of carboxylic acids is 1. The van der Waals surface area contributed by atoms with Gasteiger partial charge >= 0.3 is 5.97 Å². The Morgan fingerprint density at radius 1 is 0.958 bits per heavy atom. The van der Waals surface area contributed by atoms with Crippen molar-refractivity contribution in [2.45, 2.75) is 38.6 Å². The maximum Gasteiger partial charge on any atom is 0.326 e. The highest BCUT2D eigenvalue weighted by molar-refractivity contribution is 5.83. The number of aliphatic carboxylic acids is 1. The third kappa shape index (κ3) is 5.54. The smallest absolute Gasteiger partial charge is 0.326 e. The number of hydrogen-bond donors (Lipinski definition) is 2. The Balaban J connectivity index is 1.87. The maximum absolute atomic E-state index is 12.1. The molecular formula is C20H23NO3. The minimum Gasteiger partial charge on any atom is -0.480 e. The fourth-order valence-corrected chi connectivity index (χ4v) is 2.52. The fourth-order valence-electron chi connectivity index (χ4n) is 2.52. The van der Waals surface area contributed by atoms with Gasteiger partial charge in [-0.15, -0.1) is 0 Å². The highest BCUT2D eigenvalue weighted by atomic mass is 16.4. The summed E-state index contributed by atoms with van der Waals surface area (Å²) in [5, 5.41) is 11.9. The zero-order valence-corrected chi connectivity index (χ0v) is 13.9. The molecule has 0 saturated heterocycles. The van der Waals surface area contributed by atoms with E-state index in [1.165, 1.54) is 5.56 Å². The molecule has 2 rings (SSSR count). The lowest BCUT2D eigenvalue weighted by atomic mass is 10.0. The number of amides is 1. The van der Waals surface area contributed by atoms with Crippen molar-refractivity contribution in [2.75, 3.05) is 0 Å². The van der Waals surface area contributed by atoms with Crippen LogP contribution in [0.2, 0.25) is 0 Å². The van der Waals surface area contributed by atoms with Crippen LogP contribution in [0, 0.1) is 0 Å². The van der Waals surface area contributed by atoms with Crippen molar-refractivity contribution >= 4 is 11.9 Å². The highest BCUT2D eigenvalue weighted by Crippen LogP contribution is 2.08. The summed E-state index contributed by atoms with van der Waals surface area (Å²) < 4.78 is 0. The first kappa shape index (κ1) is 17.7. The number of aryl methyl sites for hydroxylation is 2. The van der Waals surface area contributed by atoms with Crippen molar-refractivity contribution in [3.05, 3.63) is 71.3 Å². The largest absolute Gasteiger partial charge is 0.480 e. The topological polar surface area (TPSA) is 66.4 Å². The van der Waals surface area contributed by atoms with Crippen LogP contribution in [0.3, 0.4) is 0 Å². The molecule has 0 aromatic heterocycles. The summed E-state index contributed by atoms with van der Waals surface area (Å²) in [6, 6.07) is 16.6. The van der Waals surface area contributed by atoms with Crippen molar-refractivity contribution in [1.82, 2.24) is 5.32 Å². The molecule has 0 saturated carbocycles. The number of hydrogen-bond acceptors (Lipinski definition) is 2. The molecule has 0 spiro atoms. The monoisotopic (exact) mass is 325 g/mol. The van der Waals surface area contributed by atoms with E-state index in [9.17, 15) is 14.7 Å². The summed E-state index contributed by atoms with van der Waals surface area (Å²) in [6.07, 6.45) is 2.16. The number of carboxylic acid groups (broad SMARTS) is 1. The minimum atomic E-state index is -1.01. The third-order valence-electron chi connectivity index (χ3n) is 3.99. The van der Waals surface area contributed by atoms with Gasteiger partial charge in [0.15, 0.2) is 0 Å². The summed E-state index contributed by atoms with van der Waals surface area (Å²) in [7, 11) is 0. The first-order valence-electron chi connectivity index (χ1n) is 8.22. The lowest BCUT2D eigenvalue weighted by Gasteiger charge is -2.14. The SMILES string of the molecule is CCc1ccc(CCC(=O)N[C@H](Cc2ccccc2)C(=O)O)cc1. The Hall–Kier alpha value is -2.62. The van der Waals surface area contributed by atoms with E-state index in [1.807, 2.05) is 42.5 Å². The molecule has 24 heavy (non-hydrogen) atoms. The second kappa shape index (κ2) is 8.87. The van der Waals surface area contributed by atoms with Crippen LogP contribution in [-0.2, 0) is 28.9 Å². The average Bonchev–Trinajstić information content (AvgIpc) is 2.60. The predicted molar refractivity (Wildman–Crippen MR) is 93.9 cm³/mol. The number of rotatable bonds is 8. The van der Waals surface area contributed by atoms with Gasteiger partial charge in [-0.3, -0.25) is 4.79 Å². The molecule has 0 unspecified atom stereocenters. The molecule has 0 aliphatic heterocycles. The van der Waals surface area contributed by atoms with E-state index >= 15 is 0 Å². The lowest BCUT2D eigenvalue weighted by Crippen LogP contribution is -2.42. The lowest BCUT2D eigenvalue weighted by molar-refractivity contribution is -0.141. The molecule has 1 atom stereocenters. The fraction of sp³-hybridized carbons (Fsp3) is 0.300. The molecule has 2 N–H and O–H groups in total. The zero-order chi connectivity index (χ0) is 17.4. The molecule has 0 aliphatic carbocycles. The molecule has 0 heterocycles. The summed E-state index contributed by atoms with van der Waals surface area (Å²) in [5.74, 6) is -1.25. The molecule has 0 aliphatic rings. The Bertz CT molecular complexity index is 665. The maximum atomic E-state index is 12.1. The molecule has 2 aromatic rings. The van der Waals surface area contributed by atoms with Gasteiger partial charge in [0.25, 0.3) is 0 Å². The van der Waals surface area contributed by atoms with Crippen LogP contribution in [-0.4, -0.2) is 23.0 Å². The normalized spacial score (nSPS) is 11.7. The van der Waals surface area contributed by atoms with Crippen LogP contribution in [0.5, 0.6) is 0 Å². The van der Waals surface area contributed by atoms with E-state index in [2.05, 4.69) is 24.4 Å². The molecular weight excluding hydrogens is 302 g/mol. The Labute approximate surface area is 142 Å². The molecule has 0 radical (unpaired) electrons. The highest BCUT2D eigenvalue weighted by Gasteiger charge is 2.20. The third-order valence-corrected chi connectivity index (χ3v) is 3.99. The molecule has 4 heteroatoms. The van der Waals surface area contributed by atoms with Gasteiger partial charge in [-0.1, -0.05) is 61.5 Å². The summed E-state index contributed by atoms with van der Waals surface area (Å²) in [5.41, 5.74) is 3.23. The van der Waals surface area contributed by atoms with Crippen LogP contribution >= 0.6 is 0 Å². The van der Waals surface area contributed by atoms with Crippen LogP contribution in [0.1, 0.15) is 30.0 Å². The number of benzene rings is 2. The van der Waals surface area contributed by atoms with Crippen LogP contribution in [0.4, 0.5) is 0 Å². The Morgan fingerprint density at radius 2 is 1.58 bits per heavy atom. The molecule has 2 aromatic carbocycles. The van der Waals surface area contributed by atoms with E-state index in [-0.39, 0.29) is 18.7 Å². The van der Waals surface area contributed by atoms with Crippen molar-refractivity contribution in [1.29, 1.82) is 0 Å². The number of carbonyl (C=O) groups excluding carboxylic acids is 1. The van der Waals surface area contributed by atoms with E-state index in [0.717, 1.165) is 17.5 Å². The molecule has 0 fully saturated rings. The van der Waals surface area contributed by atoms with Gasteiger partial charge in [0, 0.05) is 12.8 Å². The first-order valence-corrected chi connectivity index (χ1v) is 8.22. The van der Waals surface area contributed by atoms with Gasteiger partial charge < -0.3 is 10.4 Å². The summed E-state index contributed by atoms with van der Waals surface area (Å²) in [4.78, 5) is 23.4. The standard InChI is InChI=1S/C20H23NO3/c1-2-15-8-10-16(11-9-15)12-13-19(22)21-18(20(23)24)14-17-6-4-3-5-7-17/h3-11,18H,2,12-14H2,1H3,(H,21,22)(H,23,24)/t18-/m1/s1. The van der Waals surface area contributed by atoms with E-state index in [0.29, 0.717) is 6.42 Å². The van der Waals surface area contributed by atoms with Crippen molar-refractivity contribution < 1.29 is 14.7 Å². The van der Waals surface area contributed by atoms with Gasteiger partial charge in [-0.25, -0.2) is 4.79 Å².